The lowest BCUT2D eigenvalue weighted by molar-refractivity contribution is -0.665. The summed E-state index contributed by atoms with van der Waals surface area (Å²) in [6, 6.07) is 17.3. The van der Waals surface area contributed by atoms with E-state index in [9.17, 15) is 0 Å². The molecule has 1 atom stereocenters. The number of hydrogen-bond acceptors (Lipinski definition) is 3. The number of benzene rings is 2. The Balaban J connectivity index is 1.47. The zero-order valence-electron chi connectivity index (χ0n) is 17.2. The molecule has 3 aromatic rings. The third-order valence-corrected chi connectivity index (χ3v) is 7.53. The van der Waals surface area contributed by atoms with Crippen molar-refractivity contribution in [2.45, 2.75) is 37.6 Å². The summed E-state index contributed by atoms with van der Waals surface area (Å²) in [7, 11) is 0. The molecule has 0 amide bonds. The van der Waals surface area contributed by atoms with Gasteiger partial charge in [0, 0.05) is 23.6 Å². The van der Waals surface area contributed by atoms with Crippen molar-refractivity contribution >= 4 is 45.1 Å². The molecule has 1 unspecified atom stereocenters. The van der Waals surface area contributed by atoms with Gasteiger partial charge in [-0.3, -0.25) is 0 Å². The third-order valence-electron chi connectivity index (χ3n) is 5.14. The maximum absolute atomic E-state index is 2.46. The van der Waals surface area contributed by atoms with Gasteiger partial charge in [-0.2, -0.15) is 4.57 Å². The molecule has 0 saturated carbocycles. The number of anilines is 1. The molecular formula is C25H27N2S2+. The van der Waals surface area contributed by atoms with Gasteiger partial charge in [-0.25, -0.2) is 0 Å². The van der Waals surface area contributed by atoms with Crippen LogP contribution in [-0.4, -0.2) is 11.9 Å². The van der Waals surface area contributed by atoms with Crippen LogP contribution in [0.4, 0.5) is 5.69 Å². The highest BCUT2D eigenvalue weighted by Crippen LogP contribution is 2.43. The summed E-state index contributed by atoms with van der Waals surface area (Å²) in [5, 5.41) is 1.66. The number of hydrogen-bond donors (Lipinski definition) is 0. The Labute approximate surface area is 181 Å². The topological polar surface area (TPSA) is 7.12 Å². The molecule has 0 N–H and O–H groups in total. The van der Waals surface area contributed by atoms with Gasteiger partial charge in [-0.1, -0.05) is 77.2 Å². The van der Waals surface area contributed by atoms with Gasteiger partial charge >= 0.3 is 0 Å². The Morgan fingerprint density at radius 2 is 1.90 bits per heavy atom. The number of para-hydroxylation sites is 2. The lowest BCUT2D eigenvalue weighted by Crippen LogP contribution is -2.33. The number of likely N-dealkylation sites (N-methyl/N-ethyl adjacent to an activating group) is 1. The van der Waals surface area contributed by atoms with Gasteiger partial charge in [0.15, 0.2) is 0 Å². The summed E-state index contributed by atoms with van der Waals surface area (Å²) in [4.78, 5) is 3.83. The summed E-state index contributed by atoms with van der Waals surface area (Å²) >= 11 is 3.78. The smallest absolute Gasteiger partial charge is 0.262 e. The molecule has 1 aliphatic heterocycles. The van der Waals surface area contributed by atoms with Crippen LogP contribution >= 0.6 is 23.1 Å². The van der Waals surface area contributed by atoms with Crippen molar-refractivity contribution in [3.63, 3.8) is 0 Å². The van der Waals surface area contributed by atoms with Crippen LogP contribution in [0.25, 0.3) is 16.3 Å². The van der Waals surface area contributed by atoms with Crippen molar-refractivity contribution in [3.05, 3.63) is 83.4 Å². The number of thioether (sulfide) groups is 1. The van der Waals surface area contributed by atoms with Crippen molar-refractivity contribution in [1.29, 1.82) is 0 Å². The van der Waals surface area contributed by atoms with Crippen molar-refractivity contribution in [2.75, 3.05) is 11.4 Å². The van der Waals surface area contributed by atoms with Crippen LogP contribution < -0.4 is 9.47 Å². The van der Waals surface area contributed by atoms with Gasteiger partial charge in [0.25, 0.3) is 5.01 Å². The van der Waals surface area contributed by atoms with Gasteiger partial charge < -0.3 is 4.90 Å². The van der Waals surface area contributed by atoms with E-state index in [2.05, 4.69) is 109 Å². The fourth-order valence-corrected chi connectivity index (χ4v) is 6.10. The Morgan fingerprint density at radius 3 is 2.72 bits per heavy atom. The van der Waals surface area contributed by atoms with Crippen LogP contribution in [-0.2, 0) is 6.54 Å². The predicted molar refractivity (Wildman–Crippen MR) is 129 cm³/mol. The highest BCUT2D eigenvalue weighted by molar-refractivity contribution is 8.00. The molecule has 0 fully saturated rings. The quantitative estimate of drug-likeness (QED) is 0.325. The maximum atomic E-state index is 2.46. The number of fused-ring (bicyclic) bond motifs is 2. The number of rotatable bonds is 6. The minimum absolute atomic E-state index is 0.370. The second kappa shape index (κ2) is 9.02. The van der Waals surface area contributed by atoms with E-state index in [1.165, 1.54) is 31.4 Å². The molecule has 2 nitrogen and oxygen atoms in total. The number of aryl methyl sites for hydroxylation is 1. The molecule has 0 saturated heterocycles. The fourth-order valence-electron chi connectivity index (χ4n) is 3.69. The minimum atomic E-state index is 0.370. The van der Waals surface area contributed by atoms with Crippen molar-refractivity contribution in [3.8, 4) is 0 Å². The van der Waals surface area contributed by atoms with Crippen molar-refractivity contribution in [1.82, 2.24) is 0 Å². The highest BCUT2D eigenvalue weighted by atomic mass is 32.2. The predicted octanol–water partition coefficient (Wildman–Crippen LogP) is 6.68. The molecule has 0 radical (unpaired) electrons. The van der Waals surface area contributed by atoms with Gasteiger partial charge in [-0.15, -0.1) is 0 Å². The number of allylic oxidation sites excluding steroid dienone is 4. The zero-order chi connectivity index (χ0) is 20.2. The molecule has 148 valence electrons. The average molecular weight is 420 g/mol. The minimum Gasteiger partial charge on any atom is -0.355 e. The van der Waals surface area contributed by atoms with Gasteiger partial charge in [0.05, 0.1) is 11.1 Å². The van der Waals surface area contributed by atoms with E-state index in [0.29, 0.717) is 5.37 Å². The molecule has 0 spiro atoms. The van der Waals surface area contributed by atoms with Gasteiger partial charge in [0.2, 0.25) is 5.52 Å². The van der Waals surface area contributed by atoms with Crippen LogP contribution in [0.15, 0.2) is 83.3 Å². The second-order valence-corrected chi connectivity index (χ2v) is 9.26. The monoisotopic (exact) mass is 419 g/mol. The first-order valence-corrected chi connectivity index (χ1v) is 11.9. The number of thiazole rings is 1. The molecule has 1 aliphatic rings. The molecule has 2 aromatic carbocycles. The summed E-state index contributed by atoms with van der Waals surface area (Å²) in [5.41, 5.74) is 3.93. The average Bonchev–Trinajstić information content (AvgIpc) is 3.29. The van der Waals surface area contributed by atoms with Crippen LogP contribution in [0.1, 0.15) is 25.8 Å². The third kappa shape index (κ3) is 4.19. The SMILES string of the molecule is CCN1c2ccccc2SC1C=CC(C)=CC=Cc1sc2ccccc2[n+]1CC. The highest BCUT2D eigenvalue weighted by Gasteiger charge is 2.26. The first-order valence-electron chi connectivity index (χ1n) is 10.2. The Kier molecular flexibility index (Phi) is 6.22. The van der Waals surface area contributed by atoms with Gasteiger partial charge in [0.1, 0.15) is 11.2 Å². The summed E-state index contributed by atoms with van der Waals surface area (Å²) < 4.78 is 3.72. The van der Waals surface area contributed by atoms with E-state index in [-0.39, 0.29) is 0 Å². The van der Waals surface area contributed by atoms with Crippen LogP contribution in [0.3, 0.4) is 0 Å². The van der Waals surface area contributed by atoms with Gasteiger partial charge in [-0.05, 0) is 39.0 Å². The molecule has 29 heavy (non-hydrogen) atoms. The molecule has 1 aromatic heterocycles. The molecule has 0 bridgehead atoms. The van der Waals surface area contributed by atoms with E-state index >= 15 is 0 Å². The number of nitrogens with zero attached hydrogens (tertiary/aromatic N) is 2. The fraction of sp³-hybridized carbons (Fsp3) is 0.240. The molecule has 4 rings (SSSR count). The van der Waals surface area contributed by atoms with Crippen LogP contribution in [0.5, 0.6) is 0 Å². The summed E-state index contributed by atoms with van der Waals surface area (Å²) in [5.74, 6) is 0. The number of aromatic nitrogens is 1. The lowest BCUT2D eigenvalue weighted by atomic mass is 10.2. The largest absolute Gasteiger partial charge is 0.355 e. The van der Waals surface area contributed by atoms with E-state index in [4.69, 9.17) is 0 Å². The maximum Gasteiger partial charge on any atom is 0.262 e. The first kappa shape index (κ1) is 20.0. The normalized spacial score (nSPS) is 17.1. The van der Waals surface area contributed by atoms with Crippen molar-refractivity contribution < 1.29 is 4.57 Å². The second-order valence-electron chi connectivity index (χ2n) is 7.04. The Hall–Kier alpha value is -2.30. The first-order chi connectivity index (χ1) is 14.2. The Morgan fingerprint density at radius 1 is 1.10 bits per heavy atom. The summed E-state index contributed by atoms with van der Waals surface area (Å²) in [6.45, 7) is 8.60. The van der Waals surface area contributed by atoms with E-state index in [0.717, 1.165) is 13.1 Å². The molecular weight excluding hydrogens is 392 g/mol. The molecule has 4 heteroatoms. The van der Waals surface area contributed by atoms with E-state index in [1.807, 2.05) is 23.1 Å². The van der Waals surface area contributed by atoms with E-state index < -0.39 is 0 Å². The van der Waals surface area contributed by atoms with Crippen LogP contribution in [0.2, 0.25) is 0 Å². The standard InChI is InChI=1S/C25H27N2S2/c1-4-26-20-12-6-8-14-22(20)28-24(26)16-10-11-19(3)17-18-25-27(5-2)21-13-7-9-15-23(21)29-25/h6-18,25H,4-5H2,1-3H3/q+1. The van der Waals surface area contributed by atoms with Crippen molar-refractivity contribution in [2.24, 2.45) is 0 Å². The summed E-state index contributed by atoms with van der Waals surface area (Å²) in [6.07, 6.45) is 11.2. The molecule has 2 heterocycles. The lowest BCUT2D eigenvalue weighted by Gasteiger charge is -2.22. The van der Waals surface area contributed by atoms with Crippen LogP contribution in [0, 0.1) is 0 Å². The zero-order valence-corrected chi connectivity index (χ0v) is 18.8. The van der Waals surface area contributed by atoms with E-state index in [1.54, 1.807) is 0 Å². The Bertz CT molecular complexity index is 1090. The molecule has 0 aliphatic carbocycles.